The second-order valence-electron chi connectivity index (χ2n) is 8.22. The zero-order chi connectivity index (χ0) is 20.8. The molecule has 2 aromatic rings. The molecule has 6 nitrogen and oxygen atoms in total. The molecular weight excluding hydrogens is 362 g/mol. The van der Waals surface area contributed by atoms with Crippen molar-refractivity contribution in [2.24, 2.45) is 10.9 Å². The standard InChI is InChI=1S/C23H35N5O/c1-5-24-23(27-19-10-13-28(14-11-19)22(29)16(2)3)25-12-9-18-15-26-21-17(4)7-6-8-20(18)21/h6-8,15-16,19,26H,5,9-14H2,1-4H3,(H2,24,25,27). The number of rotatable bonds is 6. The van der Waals surface area contributed by atoms with Gasteiger partial charge in [0.1, 0.15) is 0 Å². The van der Waals surface area contributed by atoms with Crippen molar-refractivity contribution >= 4 is 22.8 Å². The smallest absolute Gasteiger partial charge is 0.225 e. The lowest BCUT2D eigenvalue weighted by Crippen LogP contribution is -2.50. The fourth-order valence-corrected chi connectivity index (χ4v) is 3.98. The van der Waals surface area contributed by atoms with Crippen LogP contribution in [0.1, 0.15) is 44.7 Å². The maximum atomic E-state index is 12.2. The van der Waals surface area contributed by atoms with Gasteiger partial charge in [0.15, 0.2) is 5.96 Å². The maximum Gasteiger partial charge on any atom is 0.225 e. The van der Waals surface area contributed by atoms with Crippen molar-refractivity contribution in [1.82, 2.24) is 20.5 Å². The van der Waals surface area contributed by atoms with Gasteiger partial charge >= 0.3 is 0 Å². The number of benzene rings is 1. The van der Waals surface area contributed by atoms with Crippen molar-refractivity contribution in [1.29, 1.82) is 0 Å². The van der Waals surface area contributed by atoms with Crippen LogP contribution in [-0.2, 0) is 11.2 Å². The number of piperidine rings is 1. The van der Waals surface area contributed by atoms with Gasteiger partial charge in [0.05, 0.1) is 0 Å². The first-order chi connectivity index (χ1) is 14.0. The number of hydrogen-bond donors (Lipinski definition) is 3. The lowest BCUT2D eigenvalue weighted by Gasteiger charge is -2.34. The number of aromatic amines is 1. The van der Waals surface area contributed by atoms with E-state index in [1.165, 1.54) is 22.0 Å². The van der Waals surface area contributed by atoms with E-state index >= 15 is 0 Å². The molecule has 3 rings (SSSR count). The Kier molecular flexibility index (Phi) is 7.18. The van der Waals surface area contributed by atoms with Crippen molar-refractivity contribution in [3.8, 4) is 0 Å². The summed E-state index contributed by atoms with van der Waals surface area (Å²) in [7, 11) is 0. The van der Waals surface area contributed by atoms with Crippen LogP contribution in [0.2, 0.25) is 0 Å². The first kappa shape index (κ1) is 21.2. The van der Waals surface area contributed by atoms with Crippen molar-refractivity contribution in [3.63, 3.8) is 0 Å². The summed E-state index contributed by atoms with van der Waals surface area (Å²) >= 11 is 0. The van der Waals surface area contributed by atoms with Crippen molar-refractivity contribution < 1.29 is 4.79 Å². The molecule has 1 saturated heterocycles. The van der Waals surface area contributed by atoms with Gasteiger partial charge in [-0.1, -0.05) is 32.0 Å². The number of aromatic nitrogens is 1. The van der Waals surface area contributed by atoms with Crippen LogP contribution in [0.3, 0.4) is 0 Å². The van der Waals surface area contributed by atoms with Crippen molar-refractivity contribution in [3.05, 3.63) is 35.5 Å². The topological polar surface area (TPSA) is 72.5 Å². The molecule has 0 radical (unpaired) electrons. The molecule has 1 fully saturated rings. The number of aryl methyl sites for hydroxylation is 1. The second-order valence-corrected chi connectivity index (χ2v) is 8.22. The van der Waals surface area contributed by atoms with E-state index in [-0.39, 0.29) is 11.8 Å². The first-order valence-electron chi connectivity index (χ1n) is 10.9. The number of amides is 1. The highest BCUT2D eigenvalue weighted by Gasteiger charge is 2.24. The van der Waals surface area contributed by atoms with Gasteiger partial charge in [0, 0.05) is 55.2 Å². The zero-order valence-electron chi connectivity index (χ0n) is 18.2. The van der Waals surface area contributed by atoms with Crippen molar-refractivity contribution in [2.75, 3.05) is 26.2 Å². The fraction of sp³-hybridized carbons (Fsp3) is 0.565. The molecule has 1 aromatic carbocycles. The minimum Gasteiger partial charge on any atom is -0.361 e. The van der Waals surface area contributed by atoms with E-state index in [4.69, 9.17) is 4.99 Å². The summed E-state index contributed by atoms with van der Waals surface area (Å²) in [6.07, 6.45) is 4.94. The number of nitrogens with zero attached hydrogens (tertiary/aromatic N) is 2. The highest BCUT2D eigenvalue weighted by molar-refractivity contribution is 5.86. The van der Waals surface area contributed by atoms with E-state index in [0.717, 1.165) is 51.4 Å². The Balaban J connectivity index is 1.55. The molecular formula is C23H35N5O. The Bertz CT molecular complexity index is 846. The lowest BCUT2D eigenvalue weighted by molar-refractivity contribution is -0.135. The van der Waals surface area contributed by atoms with Gasteiger partial charge in [-0.05, 0) is 44.2 Å². The van der Waals surface area contributed by atoms with Gasteiger partial charge in [-0.3, -0.25) is 9.79 Å². The molecule has 158 valence electrons. The largest absolute Gasteiger partial charge is 0.361 e. The molecule has 1 aliphatic rings. The normalized spacial score (nSPS) is 15.9. The average Bonchev–Trinajstić information content (AvgIpc) is 3.12. The second kappa shape index (κ2) is 9.81. The van der Waals surface area contributed by atoms with E-state index in [0.29, 0.717) is 6.04 Å². The van der Waals surface area contributed by atoms with Crippen LogP contribution in [0.4, 0.5) is 0 Å². The molecule has 0 saturated carbocycles. The summed E-state index contributed by atoms with van der Waals surface area (Å²) in [4.78, 5) is 22.3. The molecule has 0 spiro atoms. The molecule has 0 aliphatic carbocycles. The number of carbonyl (C=O) groups excluding carboxylic acids is 1. The van der Waals surface area contributed by atoms with Crippen LogP contribution in [0.25, 0.3) is 10.9 Å². The summed E-state index contributed by atoms with van der Waals surface area (Å²) in [5.41, 5.74) is 3.80. The summed E-state index contributed by atoms with van der Waals surface area (Å²) in [5, 5.41) is 8.22. The third kappa shape index (κ3) is 5.31. The number of aliphatic imine (C=N–C) groups is 1. The predicted octanol–water partition coefficient (Wildman–Crippen LogP) is 3.22. The maximum absolute atomic E-state index is 12.2. The van der Waals surface area contributed by atoms with Crippen LogP contribution < -0.4 is 10.6 Å². The Morgan fingerprint density at radius 2 is 2.07 bits per heavy atom. The molecule has 3 N–H and O–H groups in total. The molecule has 2 heterocycles. The third-order valence-corrected chi connectivity index (χ3v) is 5.65. The first-order valence-corrected chi connectivity index (χ1v) is 10.9. The summed E-state index contributed by atoms with van der Waals surface area (Å²) in [6.45, 7) is 11.4. The van der Waals surface area contributed by atoms with Crippen LogP contribution in [0.5, 0.6) is 0 Å². The minimum atomic E-state index is 0.0756. The quantitative estimate of drug-likeness (QED) is 0.518. The van der Waals surface area contributed by atoms with Gasteiger partial charge in [-0.25, -0.2) is 0 Å². The van der Waals surface area contributed by atoms with Crippen LogP contribution in [-0.4, -0.2) is 54.0 Å². The van der Waals surface area contributed by atoms with E-state index in [1.807, 2.05) is 18.7 Å². The van der Waals surface area contributed by atoms with Gasteiger partial charge in [-0.15, -0.1) is 0 Å². The number of hydrogen-bond acceptors (Lipinski definition) is 2. The molecule has 0 atom stereocenters. The Hall–Kier alpha value is -2.50. The SMILES string of the molecule is CCNC(=NCCc1c[nH]c2c(C)cccc12)NC1CCN(C(=O)C(C)C)CC1. The van der Waals surface area contributed by atoms with Gasteiger partial charge in [0.2, 0.25) is 5.91 Å². The van der Waals surface area contributed by atoms with Crippen molar-refractivity contribution in [2.45, 2.75) is 53.0 Å². The van der Waals surface area contributed by atoms with E-state index in [1.54, 1.807) is 0 Å². The highest BCUT2D eigenvalue weighted by Crippen LogP contribution is 2.21. The number of nitrogens with one attached hydrogen (secondary N) is 3. The minimum absolute atomic E-state index is 0.0756. The zero-order valence-corrected chi connectivity index (χ0v) is 18.2. The molecule has 29 heavy (non-hydrogen) atoms. The molecule has 1 amide bonds. The molecule has 0 bridgehead atoms. The Morgan fingerprint density at radius 1 is 1.31 bits per heavy atom. The van der Waals surface area contributed by atoms with E-state index in [2.05, 4.69) is 53.9 Å². The van der Waals surface area contributed by atoms with Crippen LogP contribution in [0.15, 0.2) is 29.4 Å². The molecule has 6 heteroatoms. The number of carbonyl (C=O) groups is 1. The third-order valence-electron chi connectivity index (χ3n) is 5.65. The highest BCUT2D eigenvalue weighted by atomic mass is 16.2. The van der Waals surface area contributed by atoms with Gasteiger partial charge in [-0.2, -0.15) is 0 Å². The predicted molar refractivity (Wildman–Crippen MR) is 120 cm³/mol. The fourth-order valence-electron chi connectivity index (χ4n) is 3.98. The molecule has 1 aromatic heterocycles. The monoisotopic (exact) mass is 397 g/mol. The summed E-state index contributed by atoms with van der Waals surface area (Å²) in [5.74, 6) is 1.21. The van der Waals surface area contributed by atoms with E-state index < -0.39 is 0 Å². The number of likely N-dealkylation sites (tertiary alicyclic amines) is 1. The lowest BCUT2D eigenvalue weighted by atomic mass is 10.0. The van der Waals surface area contributed by atoms with Crippen LogP contribution >= 0.6 is 0 Å². The van der Waals surface area contributed by atoms with E-state index in [9.17, 15) is 4.79 Å². The Morgan fingerprint density at radius 3 is 2.76 bits per heavy atom. The number of para-hydroxylation sites is 1. The molecule has 0 unspecified atom stereocenters. The number of fused-ring (bicyclic) bond motifs is 1. The molecule has 1 aliphatic heterocycles. The van der Waals surface area contributed by atoms with Gasteiger partial charge < -0.3 is 20.5 Å². The average molecular weight is 398 g/mol. The van der Waals surface area contributed by atoms with Crippen LogP contribution in [0, 0.1) is 12.8 Å². The summed E-state index contributed by atoms with van der Waals surface area (Å²) < 4.78 is 0. The Labute approximate surface area is 174 Å². The number of guanidine groups is 1. The number of H-pyrrole nitrogens is 1. The summed E-state index contributed by atoms with van der Waals surface area (Å²) in [6, 6.07) is 6.78. The van der Waals surface area contributed by atoms with Gasteiger partial charge in [0.25, 0.3) is 0 Å².